The van der Waals surface area contributed by atoms with E-state index in [2.05, 4.69) is 13.0 Å². The predicted molar refractivity (Wildman–Crippen MR) is 139 cm³/mol. The van der Waals surface area contributed by atoms with Crippen LogP contribution in [0.1, 0.15) is 84.0 Å². The Morgan fingerprint density at radius 2 is 1.78 bits per heavy atom. The summed E-state index contributed by atoms with van der Waals surface area (Å²) in [4.78, 5) is 0.126. The molecule has 0 bridgehead atoms. The standard InChI is InChI=1S/C30H41F3O3S/c1-29-17-16-26-25-13-10-22(34)19-20(25)7-12-27(26)28(29)14-9-21(29)8-11-24(15-18-30(31,32)33)37(35,36)23-5-3-2-4-6-23/h2-7,21-22,24-28,34H,8-19H2,1H3/t21-,22?,24?,25?,26?,27?,28?,29?/m0/s1. The number of alkyl halides is 3. The van der Waals surface area contributed by atoms with Crippen molar-refractivity contribution in [2.24, 2.45) is 35.0 Å². The topological polar surface area (TPSA) is 54.4 Å². The van der Waals surface area contributed by atoms with E-state index in [0.717, 1.165) is 44.9 Å². The number of hydrogen-bond acceptors (Lipinski definition) is 3. The van der Waals surface area contributed by atoms with Gasteiger partial charge in [-0.15, -0.1) is 0 Å². The van der Waals surface area contributed by atoms with Gasteiger partial charge in [0.05, 0.1) is 16.2 Å². The fraction of sp³-hybridized carbons (Fsp3) is 0.733. The molecule has 1 aromatic rings. The molecule has 37 heavy (non-hydrogen) atoms. The Labute approximate surface area is 219 Å². The predicted octanol–water partition coefficient (Wildman–Crippen LogP) is 7.50. The number of aliphatic hydroxyl groups excluding tert-OH is 1. The number of aliphatic hydroxyl groups is 1. The van der Waals surface area contributed by atoms with Crippen LogP contribution in [0.15, 0.2) is 46.9 Å². The molecule has 8 atom stereocenters. The van der Waals surface area contributed by atoms with E-state index >= 15 is 0 Å². The van der Waals surface area contributed by atoms with Crippen molar-refractivity contribution in [1.82, 2.24) is 0 Å². The molecule has 4 aliphatic carbocycles. The summed E-state index contributed by atoms with van der Waals surface area (Å²) >= 11 is 0. The lowest BCUT2D eigenvalue weighted by Crippen LogP contribution is -2.46. The number of allylic oxidation sites excluding steroid dienone is 1. The third-order valence-electron chi connectivity index (χ3n) is 10.7. The maximum Gasteiger partial charge on any atom is 0.389 e. The third-order valence-corrected chi connectivity index (χ3v) is 13.0. The Morgan fingerprint density at radius 3 is 2.51 bits per heavy atom. The molecule has 0 heterocycles. The minimum absolute atomic E-state index is 0.126. The van der Waals surface area contributed by atoms with Gasteiger partial charge < -0.3 is 5.11 Å². The smallest absolute Gasteiger partial charge is 0.389 e. The van der Waals surface area contributed by atoms with Crippen LogP contribution in [0.4, 0.5) is 13.2 Å². The van der Waals surface area contributed by atoms with Gasteiger partial charge in [-0.1, -0.05) is 36.8 Å². The number of hydrogen-bond donors (Lipinski definition) is 1. The number of benzene rings is 1. The van der Waals surface area contributed by atoms with Gasteiger partial charge in [-0.2, -0.15) is 13.2 Å². The van der Waals surface area contributed by atoms with E-state index in [-0.39, 0.29) is 22.8 Å². The molecule has 4 aliphatic rings. The van der Waals surface area contributed by atoms with E-state index in [1.165, 1.54) is 24.1 Å². The molecule has 0 aliphatic heterocycles. The van der Waals surface area contributed by atoms with Crippen molar-refractivity contribution in [3.8, 4) is 0 Å². The molecule has 0 spiro atoms. The second-order valence-electron chi connectivity index (χ2n) is 12.5. The SMILES string of the molecule is CC12CCC3C4CCC(O)CC4=CCC3C1CC[C@@H]2CCC(CCC(F)(F)F)S(=O)(=O)c1ccccc1. The number of halogens is 3. The summed E-state index contributed by atoms with van der Waals surface area (Å²) in [5.41, 5.74) is 1.60. The first-order valence-corrected chi connectivity index (χ1v) is 15.8. The van der Waals surface area contributed by atoms with Gasteiger partial charge in [0, 0.05) is 6.42 Å². The largest absolute Gasteiger partial charge is 0.393 e. The Balaban J connectivity index is 1.30. The fourth-order valence-electron chi connectivity index (χ4n) is 8.80. The molecular weight excluding hydrogens is 497 g/mol. The van der Waals surface area contributed by atoms with Crippen molar-refractivity contribution >= 4 is 9.84 Å². The molecule has 1 N–H and O–H groups in total. The van der Waals surface area contributed by atoms with Crippen LogP contribution in [-0.2, 0) is 9.84 Å². The molecule has 7 heteroatoms. The molecule has 7 unspecified atom stereocenters. The minimum Gasteiger partial charge on any atom is -0.393 e. The molecule has 0 radical (unpaired) electrons. The van der Waals surface area contributed by atoms with Gasteiger partial charge >= 0.3 is 6.18 Å². The first-order chi connectivity index (χ1) is 17.5. The molecule has 5 rings (SSSR count). The van der Waals surface area contributed by atoms with Crippen LogP contribution in [0.5, 0.6) is 0 Å². The molecule has 0 amide bonds. The van der Waals surface area contributed by atoms with Gasteiger partial charge in [0.2, 0.25) is 0 Å². The maximum atomic E-state index is 13.4. The van der Waals surface area contributed by atoms with Crippen LogP contribution in [0.3, 0.4) is 0 Å². The number of fused-ring (bicyclic) bond motifs is 5. The van der Waals surface area contributed by atoms with E-state index in [4.69, 9.17) is 0 Å². The average molecular weight is 539 g/mol. The van der Waals surface area contributed by atoms with Gasteiger partial charge in [-0.25, -0.2) is 8.42 Å². The lowest BCUT2D eigenvalue weighted by atomic mass is 9.51. The molecule has 0 aromatic heterocycles. The van der Waals surface area contributed by atoms with Crippen molar-refractivity contribution in [2.45, 2.75) is 106 Å². The average Bonchev–Trinajstić information content (AvgIpc) is 3.19. The minimum atomic E-state index is -4.37. The van der Waals surface area contributed by atoms with Gasteiger partial charge in [-0.3, -0.25) is 0 Å². The lowest BCUT2D eigenvalue weighted by Gasteiger charge is -2.54. The van der Waals surface area contributed by atoms with E-state index in [1.54, 1.807) is 18.2 Å². The van der Waals surface area contributed by atoms with Crippen LogP contribution >= 0.6 is 0 Å². The summed E-state index contributed by atoms with van der Waals surface area (Å²) in [6.45, 7) is 2.38. The van der Waals surface area contributed by atoms with Crippen molar-refractivity contribution in [3.63, 3.8) is 0 Å². The zero-order chi connectivity index (χ0) is 26.4. The molecule has 3 nitrogen and oxygen atoms in total. The Bertz CT molecular complexity index is 1080. The van der Waals surface area contributed by atoms with Gasteiger partial charge in [0.15, 0.2) is 9.84 Å². The zero-order valence-corrected chi connectivity index (χ0v) is 22.6. The summed E-state index contributed by atoms with van der Waals surface area (Å²) in [5.74, 6) is 2.88. The molecule has 0 saturated heterocycles. The maximum absolute atomic E-state index is 13.4. The van der Waals surface area contributed by atoms with Crippen LogP contribution in [0, 0.1) is 35.0 Å². The first kappa shape index (κ1) is 27.2. The Hall–Kier alpha value is -1.34. The van der Waals surface area contributed by atoms with Gasteiger partial charge in [-0.05, 0) is 118 Å². The van der Waals surface area contributed by atoms with Crippen LogP contribution < -0.4 is 0 Å². The highest BCUT2D eigenvalue weighted by atomic mass is 32.2. The van der Waals surface area contributed by atoms with Crippen molar-refractivity contribution in [1.29, 1.82) is 0 Å². The highest BCUT2D eigenvalue weighted by molar-refractivity contribution is 7.92. The molecular formula is C30H41F3O3S. The lowest BCUT2D eigenvalue weighted by molar-refractivity contribution is -0.135. The highest BCUT2D eigenvalue weighted by Gasteiger charge is 2.55. The highest BCUT2D eigenvalue weighted by Crippen LogP contribution is 2.64. The van der Waals surface area contributed by atoms with E-state index in [1.807, 2.05) is 0 Å². The van der Waals surface area contributed by atoms with Crippen molar-refractivity contribution in [2.75, 3.05) is 0 Å². The summed E-state index contributed by atoms with van der Waals surface area (Å²) in [6.07, 6.45) is 5.73. The van der Waals surface area contributed by atoms with Crippen LogP contribution in [-0.4, -0.2) is 31.1 Å². The molecule has 3 saturated carbocycles. The quantitative estimate of drug-likeness (QED) is 0.366. The van der Waals surface area contributed by atoms with Crippen LogP contribution in [0.25, 0.3) is 0 Å². The van der Waals surface area contributed by atoms with E-state index in [9.17, 15) is 26.7 Å². The molecule has 3 fully saturated rings. The third kappa shape index (κ3) is 5.41. The molecule has 206 valence electrons. The zero-order valence-electron chi connectivity index (χ0n) is 21.8. The normalized spacial score (nSPS) is 36.7. The fourth-order valence-corrected chi connectivity index (χ4v) is 10.6. The van der Waals surface area contributed by atoms with Crippen LogP contribution in [0.2, 0.25) is 0 Å². The summed E-state index contributed by atoms with van der Waals surface area (Å²) in [6, 6.07) is 7.98. The summed E-state index contributed by atoms with van der Waals surface area (Å²) in [5, 5.41) is 9.13. The summed E-state index contributed by atoms with van der Waals surface area (Å²) in [7, 11) is -3.83. The van der Waals surface area contributed by atoms with Crippen molar-refractivity contribution in [3.05, 3.63) is 42.0 Å². The second kappa shape index (κ2) is 10.3. The van der Waals surface area contributed by atoms with E-state index in [0.29, 0.717) is 42.4 Å². The number of sulfone groups is 1. The first-order valence-electron chi connectivity index (χ1n) is 14.2. The second-order valence-corrected chi connectivity index (χ2v) is 14.7. The summed E-state index contributed by atoms with van der Waals surface area (Å²) < 4.78 is 66.1. The number of rotatable bonds is 7. The van der Waals surface area contributed by atoms with Crippen molar-refractivity contribution < 1.29 is 26.7 Å². The molecule has 1 aromatic carbocycles. The Kier molecular flexibility index (Phi) is 7.60. The Morgan fingerprint density at radius 1 is 1.03 bits per heavy atom. The van der Waals surface area contributed by atoms with Gasteiger partial charge in [0.1, 0.15) is 0 Å². The monoisotopic (exact) mass is 538 g/mol. The van der Waals surface area contributed by atoms with E-state index < -0.39 is 27.7 Å². The van der Waals surface area contributed by atoms with Gasteiger partial charge in [0.25, 0.3) is 0 Å².